The molecule has 2 nitrogen and oxygen atoms in total. The Morgan fingerprint density at radius 2 is 1.77 bits per heavy atom. The Morgan fingerprint density at radius 3 is 2.36 bits per heavy atom. The van der Waals surface area contributed by atoms with Gasteiger partial charge in [0.05, 0.1) is 0 Å². The third-order valence-electron chi connectivity index (χ3n) is 5.19. The third-order valence-corrected chi connectivity index (χ3v) is 7.36. The smallest absolute Gasteiger partial charge is 0.166 e. The van der Waals surface area contributed by atoms with Crippen molar-refractivity contribution in [2.45, 2.75) is 68.8 Å². The van der Waals surface area contributed by atoms with Gasteiger partial charge in [-0.3, -0.25) is 9.00 Å². The van der Waals surface area contributed by atoms with Crippen LogP contribution in [0.1, 0.15) is 68.8 Å². The monoisotopic (exact) mass is 318 g/mol. The molecule has 1 aromatic carbocycles. The molecule has 0 saturated carbocycles. The summed E-state index contributed by atoms with van der Waals surface area (Å²) in [5, 5.41) is 0.513. The van der Waals surface area contributed by atoms with Crippen LogP contribution in [0.15, 0.2) is 24.3 Å². The normalized spacial score (nSPS) is 31.8. The molecule has 0 aromatic heterocycles. The highest BCUT2D eigenvalue weighted by Crippen LogP contribution is 2.38. The number of Topliss-reactive ketones (excluding diaryl/α,β-unsaturated/α-hetero) is 1. The van der Waals surface area contributed by atoms with Crippen LogP contribution in [0.3, 0.4) is 0 Å². The van der Waals surface area contributed by atoms with Crippen molar-refractivity contribution < 1.29 is 9.00 Å². The van der Waals surface area contributed by atoms with Gasteiger partial charge in [-0.15, -0.1) is 0 Å². The lowest BCUT2D eigenvalue weighted by Gasteiger charge is -2.37. The van der Waals surface area contributed by atoms with Gasteiger partial charge >= 0.3 is 0 Å². The molecule has 2 saturated heterocycles. The predicted octanol–water partition coefficient (Wildman–Crippen LogP) is 4.25. The minimum absolute atomic E-state index is 0.0564. The Labute approximate surface area is 136 Å². The van der Waals surface area contributed by atoms with Gasteiger partial charge in [-0.25, -0.2) is 0 Å². The number of hydrogen-bond acceptors (Lipinski definition) is 2. The number of rotatable bonds is 2. The van der Waals surface area contributed by atoms with Crippen molar-refractivity contribution in [1.82, 2.24) is 0 Å². The van der Waals surface area contributed by atoms with Crippen LogP contribution in [0.4, 0.5) is 0 Å². The van der Waals surface area contributed by atoms with Crippen molar-refractivity contribution in [3.05, 3.63) is 35.4 Å². The van der Waals surface area contributed by atoms with E-state index in [4.69, 9.17) is 0 Å². The second-order valence-corrected chi connectivity index (χ2v) is 9.86. The fourth-order valence-electron chi connectivity index (χ4n) is 3.82. The van der Waals surface area contributed by atoms with Crippen molar-refractivity contribution in [2.75, 3.05) is 0 Å². The maximum absolute atomic E-state index is 12.9. The molecule has 2 heterocycles. The number of ketones is 1. The largest absolute Gasteiger partial charge is 0.294 e. The lowest BCUT2D eigenvalue weighted by Crippen LogP contribution is -2.41. The molecule has 2 aliphatic heterocycles. The highest BCUT2D eigenvalue weighted by molar-refractivity contribution is 7.86. The third kappa shape index (κ3) is 3.05. The molecule has 0 spiro atoms. The average molecular weight is 318 g/mol. The van der Waals surface area contributed by atoms with Gasteiger partial charge in [-0.05, 0) is 42.7 Å². The van der Waals surface area contributed by atoms with E-state index < -0.39 is 10.8 Å². The predicted molar refractivity (Wildman–Crippen MR) is 91.8 cm³/mol. The van der Waals surface area contributed by atoms with Crippen molar-refractivity contribution in [1.29, 1.82) is 0 Å². The highest BCUT2D eigenvalue weighted by Gasteiger charge is 2.40. The summed E-state index contributed by atoms with van der Waals surface area (Å²) in [6.45, 7) is 6.51. The van der Waals surface area contributed by atoms with E-state index in [2.05, 4.69) is 32.9 Å². The van der Waals surface area contributed by atoms with Gasteiger partial charge in [-0.2, -0.15) is 0 Å². The van der Waals surface area contributed by atoms with E-state index in [1.54, 1.807) is 0 Å². The molecule has 120 valence electrons. The maximum atomic E-state index is 12.9. The first kappa shape index (κ1) is 15.9. The first-order valence-electron chi connectivity index (χ1n) is 8.40. The zero-order valence-electron chi connectivity index (χ0n) is 13.8. The molecule has 3 rings (SSSR count). The second-order valence-electron chi connectivity index (χ2n) is 7.87. The summed E-state index contributed by atoms with van der Waals surface area (Å²) in [5.41, 5.74) is 2.10. The molecule has 0 N–H and O–H groups in total. The highest BCUT2D eigenvalue weighted by atomic mass is 32.2. The Balaban J connectivity index is 1.81. The van der Waals surface area contributed by atoms with Crippen molar-refractivity contribution in [3.8, 4) is 0 Å². The molecule has 1 aromatic rings. The zero-order valence-corrected chi connectivity index (χ0v) is 14.6. The molecule has 2 fully saturated rings. The average Bonchev–Trinajstić information content (AvgIpc) is 2.45. The number of benzene rings is 1. The maximum Gasteiger partial charge on any atom is 0.166 e. The van der Waals surface area contributed by atoms with Crippen LogP contribution < -0.4 is 0 Å². The van der Waals surface area contributed by atoms with E-state index in [1.165, 1.54) is 12.0 Å². The van der Waals surface area contributed by atoms with E-state index in [9.17, 15) is 9.00 Å². The Morgan fingerprint density at radius 1 is 1.14 bits per heavy atom. The molecular weight excluding hydrogens is 292 g/mol. The van der Waals surface area contributed by atoms with E-state index in [0.717, 1.165) is 31.2 Å². The second kappa shape index (κ2) is 5.92. The molecule has 3 heteroatoms. The van der Waals surface area contributed by atoms with E-state index in [-0.39, 0.29) is 27.6 Å². The summed E-state index contributed by atoms with van der Waals surface area (Å²) in [7, 11) is -0.700. The van der Waals surface area contributed by atoms with Crippen LogP contribution in [-0.2, 0) is 16.2 Å². The molecule has 2 atom stereocenters. The molecule has 0 aliphatic carbocycles. The molecular formula is C19H26O2S. The fraction of sp³-hybridized carbons (Fsp3) is 0.632. The Hall–Kier alpha value is -0.960. The van der Waals surface area contributed by atoms with Crippen LogP contribution in [0.2, 0.25) is 0 Å². The fourth-order valence-corrected chi connectivity index (χ4v) is 6.01. The number of hydrogen-bond donors (Lipinski definition) is 0. The molecule has 2 unspecified atom stereocenters. The number of carbonyl (C=O) groups is 1. The molecule has 22 heavy (non-hydrogen) atoms. The summed E-state index contributed by atoms with van der Waals surface area (Å²) in [6.07, 6.45) is 4.90. The summed E-state index contributed by atoms with van der Waals surface area (Å²) in [5.74, 6) is 0.336. The lowest BCUT2D eigenvalue weighted by molar-refractivity contribution is 0.0895. The summed E-state index contributed by atoms with van der Waals surface area (Å²) < 4.78 is 12.3. The quantitative estimate of drug-likeness (QED) is 0.764. The van der Waals surface area contributed by atoms with Crippen molar-refractivity contribution in [3.63, 3.8) is 0 Å². The standard InChI is InChI=1S/C19H26O2S/c1-19(2,3)15-7-4-6-13(10-15)18(20)14-11-16-8-5-9-17(12-14)22(16)21/h4,6-7,10,14,16-17H,5,8-9,11-12H2,1-3H3. The summed E-state index contributed by atoms with van der Waals surface area (Å²) in [4.78, 5) is 12.9. The molecule has 0 amide bonds. The van der Waals surface area contributed by atoms with E-state index >= 15 is 0 Å². The Bertz CT molecular complexity index is 584. The van der Waals surface area contributed by atoms with Crippen LogP contribution in [-0.4, -0.2) is 20.5 Å². The first-order valence-corrected chi connectivity index (χ1v) is 9.68. The van der Waals surface area contributed by atoms with E-state index in [0.29, 0.717) is 0 Å². The molecule has 2 aliphatic rings. The minimum atomic E-state index is -0.700. The molecule has 2 bridgehead atoms. The van der Waals surface area contributed by atoms with Crippen molar-refractivity contribution in [2.24, 2.45) is 5.92 Å². The van der Waals surface area contributed by atoms with Crippen LogP contribution >= 0.6 is 0 Å². The summed E-state index contributed by atoms with van der Waals surface area (Å²) >= 11 is 0. The SMILES string of the molecule is CC(C)(C)c1cccc(C(=O)C2CC3CCCC(C2)S3=O)c1. The van der Waals surface area contributed by atoms with Gasteiger partial charge in [0.1, 0.15) is 0 Å². The van der Waals surface area contributed by atoms with Gasteiger partial charge in [0, 0.05) is 32.8 Å². The zero-order chi connectivity index (χ0) is 15.9. The van der Waals surface area contributed by atoms with Crippen molar-refractivity contribution >= 4 is 16.6 Å². The van der Waals surface area contributed by atoms with Crippen LogP contribution in [0.25, 0.3) is 0 Å². The summed E-state index contributed by atoms with van der Waals surface area (Å²) in [6, 6.07) is 8.10. The minimum Gasteiger partial charge on any atom is -0.294 e. The van der Waals surface area contributed by atoms with Gasteiger partial charge in [0.25, 0.3) is 0 Å². The van der Waals surface area contributed by atoms with Gasteiger partial charge in [0.15, 0.2) is 5.78 Å². The number of fused-ring (bicyclic) bond motifs is 2. The topological polar surface area (TPSA) is 34.1 Å². The van der Waals surface area contributed by atoms with Gasteiger partial charge in [0.2, 0.25) is 0 Å². The molecule has 0 radical (unpaired) electrons. The Kier molecular flexibility index (Phi) is 4.28. The van der Waals surface area contributed by atoms with Gasteiger partial charge in [-0.1, -0.05) is 45.4 Å². The van der Waals surface area contributed by atoms with E-state index in [1.807, 2.05) is 12.1 Å². The first-order chi connectivity index (χ1) is 10.4. The van der Waals surface area contributed by atoms with Crippen LogP contribution in [0.5, 0.6) is 0 Å². The van der Waals surface area contributed by atoms with Crippen LogP contribution in [0, 0.1) is 5.92 Å². The van der Waals surface area contributed by atoms with Gasteiger partial charge < -0.3 is 0 Å². The lowest BCUT2D eigenvalue weighted by atomic mass is 9.82. The number of carbonyl (C=O) groups excluding carboxylic acids is 1.